The van der Waals surface area contributed by atoms with E-state index in [0.717, 1.165) is 0 Å². The van der Waals surface area contributed by atoms with Crippen LogP contribution in [0.1, 0.15) is 17.3 Å². The third-order valence-electron chi connectivity index (χ3n) is 2.66. The van der Waals surface area contributed by atoms with Crippen molar-refractivity contribution < 1.29 is 28.7 Å². The van der Waals surface area contributed by atoms with Crippen LogP contribution in [0.4, 0.5) is 10.5 Å². The number of methoxy groups -OCH3 is 1. The number of carbonyl (C=O) groups is 4. The maximum absolute atomic E-state index is 11.8. The van der Waals surface area contributed by atoms with E-state index in [1.165, 1.54) is 26.2 Å². The number of hydrogen-bond donors (Lipinski definition) is 3. The van der Waals surface area contributed by atoms with Crippen LogP contribution in [0.5, 0.6) is 0 Å². The number of urea groups is 1. The van der Waals surface area contributed by atoms with E-state index in [4.69, 9.17) is 10.5 Å². The number of benzene rings is 1. The van der Waals surface area contributed by atoms with Gasteiger partial charge in [-0.05, 0) is 19.1 Å². The molecule has 0 radical (unpaired) electrons. The fraction of sp³-hybridized carbons (Fsp3) is 0.286. The Morgan fingerprint density at radius 1 is 1.22 bits per heavy atom. The smallest absolute Gasteiger partial charge is 0.339 e. The quantitative estimate of drug-likeness (QED) is 0.631. The van der Waals surface area contributed by atoms with E-state index in [2.05, 4.69) is 15.4 Å². The Bertz CT molecular complexity index is 616. The summed E-state index contributed by atoms with van der Waals surface area (Å²) in [7, 11) is 1.22. The van der Waals surface area contributed by atoms with E-state index < -0.39 is 36.5 Å². The molecule has 0 aliphatic carbocycles. The van der Waals surface area contributed by atoms with Gasteiger partial charge in [0.1, 0.15) is 6.04 Å². The van der Waals surface area contributed by atoms with Gasteiger partial charge in [0.05, 0.1) is 18.4 Å². The van der Waals surface area contributed by atoms with Gasteiger partial charge in [0.25, 0.3) is 5.91 Å². The van der Waals surface area contributed by atoms with Gasteiger partial charge in [-0.3, -0.25) is 4.79 Å². The molecule has 1 atom stereocenters. The van der Waals surface area contributed by atoms with Crippen LogP contribution in [0.3, 0.4) is 0 Å². The van der Waals surface area contributed by atoms with Gasteiger partial charge in [-0.25, -0.2) is 14.4 Å². The highest BCUT2D eigenvalue weighted by Crippen LogP contribution is 2.15. The highest BCUT2D eigenvalue weighted by molar-refractivity contribution is 6.01. The minimum atomic E-state index is -0.984. The minimum absolute atomic E-state index is 0.165. The zero-order valence-electron chi connectivity index (χ0n) is 12.6. The number of primary amides is 1. The number of anilines is 1. The van der Waals surface area contributed by atoms with E-state index in [1.54, 1.807) is 12.1 Å². The molecule has 0 bridgehead atoms. The number of amides is 3. The van der Waals surface area contributed by atoms with Crippen molar-refractivity contribution in [1.82, 2.24) is 5.32 Å². The van der Waals surface area contributed by atoms with E-state index in [0.29, 0.717) is 0 Å². The van der Waals surface area contributed by atoms with Gasteiger partial charge in [-0.15, -0.1) is 0 Å². The molecule has 0 heterocycles. The second-order valence-electron chi connectivity index (χ2n) is 4.42. The summed E-state index contributed by atoms with van der Waals surface area (Å²) in [5.74, 6) is -2.08. The summed E-state index contributed by atoms with van der Waals surface area (Å²) in [4.78, 5) is 45.4. The average Bonchev–Trinajstić information content (AvgIpc) is 2.51. The molecule has 4 N–H and O–H groups in total. The zero-order chi connectivity index (χ0) is 17.4. The third kappa shape index (κ3) is 5.65. The lowest BCUT2D eigenvalue weighted by molar-refractivity contribution is -0.148. The summed E-state index contributed by atoms with van der Waals surface area (Å²) in [6, 6.07) is 4.34. The van der Waals surface area contributed by atoms with Crippen LogP contribution in [0.15, 0.2) is 24.3 Å². The Morgan fingerprint density at radius 3 is 2.48 bits per heavy atom. The highest BCUT2D eigenvalue weighted by atomic mass is 16.5. The second-order valence-corrected chi connectivity index (χ2v) is 4.42. The molecule has 9 nitrogen and oxygen atoms in total. The Morgan fingerprint density at radius 2 is 1.87 bits per heavy atom. The SMILES string of the molecule is COC(=O)c1ccccc1NC(=O)COC(=O)[C@@H](C)NC(N)=O. The molecule has 0 saturated carbocycles. The van der Waals surface area contributed by atoms with E-state index >= 15 is 0 Å². The van der Waals surface area contributed by atoms with Gasteiger partial charge in [0, 0.05) is 0 Å². The maximum Gasteiger partial charge on any atom is 0.339 e. The Hall–Kier alpha value is -3.10. The number of rotatable bonds is 6. The highest BCUT2D eigenvalue weighted by Gasteiger charge is 2.18. The molecule has 0 spiro atoms. The molecular weight excluding hydrogens is 306 g/mol. The summed E-state index contributed by atoms with van der Waals surface area (Å²) in [5, 5.41) is 4.55. The lowest BCUT2D eigenvalue weighted by Crippen LogP contribution is -2.43. The molecular formula is C14H17N3O6. The average molecular weight is 323 g/mol. The Balaban J connectivity index is 2.60. The number of para-hydroxylation sites is 1. The van der Waals surface area contributed by atoms with Crippen molar-refractivity contribution in [3.63, 3.8) is 0 Å². The molecule has 1 rings (SSSR count). The molecule has 124 valence electrons. The molecule has 0 aliphatic heterocycles. The largest absolute Gasteiger partial charge is 0.465 e. The van der Waals surface area contributed by atoms with Gasteiger partial charge in [0.2, 0.25) is 0 Å². The zero-order valence-corrected chi connectivity index (χ0v) is 12.6. The van der Waals surface area contributed by atoms with E-state index in [9.17, 15) is 19.2 Å². The predicted molar refractivity (Wildman–Crippen MR) is 79.6 cm³/mol. The maximum atomic E-state index is 11.8. The molecule has 0 unspecified atom stereocenters. The molecule has 0 saturated heterocycles. The first-order chi connectivity index (χ1) is 10.8. The number of hydrogen-bond acceptors (Lipinski definition) is 6. The van der Waals surface area contributed by atoms with Crippen LogP contribution in [0.25, 0.3) is 0 Å². The minimum Gasteiger partial charge on any atom is -0.465 e. The van der Waals surface area contributed by atoms with E-state index in [-0.39, 0.29) is 11.3 Å². The molecule has 3 amide bonds. The second kappa shape index (κ2) is 8.37. The van der Waals surface area contributed by atoms with Crippen molar-refractivity contribution in [1.29, 1.82) is 0 Å². The molecule has 1 aromatic carbocycles. The molecule has 0 aliphatic rings. The molecule has 23 heavy (non-hydrogen) atoms. The predicted octanol–water partition coefficient (Wildman–Crippen LogP) is 0.0117. The van der Waals surface area contributed by atoms with Gasteiger partial charge < -0.3 is 25.8 Å². The summed E-state index contributed by atoms with van der Waals surface area (Å²) in [6.45, 7) is 0.774. The van der Waals surface area contributed by atoms with Gasteiger partial charge in [-0.1, -0.05) is 12.1 Å². The first-order valence-electron chi connectivity index (χ1n) is 6.55. The Kier molecular flexibility index (Phi) is 6.53. The normalized spacial score (nSPS) is 11.0. The monoisotopic (exact) mass is 323 g/mol. The van der Waals surface area contributed by atoms with Crippen molar-refractivity contribution in [3.8, 4) is 0 Å². The topological polar surface area (TPSA) is 137 Å². The number of carbonyl (C=O) groups excluding carboxylic acids is 4. The first-order valence-corrected chi connectivity index (χ1v) is 6.55. The van der Waals surface area contributed by atoms with Crippen LogP contribution in [0, 0.1) is 0 Å². The lowest BCUT2D eigenvalue weighted by atomic mass is 10.2. The molecule has 9 heteroatoms. The van der Waals surface area contributed by atoms with Gasteiger partial charge >= 0.3 is 18.0 Å². The van der Waals surface area contributed by atoms with Crippen LogP contribution < -0.4 is 16.4 Å². The summed E-state index contributed by atoms with van der Waals surface area (Å²) in [5.41, 5.74) is 5.26. The summed E-state index contributed by atoms with van der Waals surface area (Å²) >= 11 is 0. The number of nitrogens with two attached hydrogens (primary N) is 1. The van der Waals surface area contributed by atoms with Gasteiger partial charge in [0.15, 0.2) is 6.61 Å². The molecule has 0 fully saturated rings. The molecule has 0 aromatic heterocycles. The Labute approximate surface area is 132 Å². The number of nitrogens with one attached hydrogen (secondary N) is 2. The van der Waals surface area contributed by atoms with Crippen molar-refractivity contribution in [2.24, 2.45) is 5.73 Å². The lowest BCUT2D eigenvalue weighted by Gasteiger charge is -2.12. The molecule has 1 aromatic rings. The standard InChI is InChI=1S/C14H17N3O6/c1-8(16-14(15)21)12(19)23-7-11(18)17-10-6-4-3-5-9(10)13(20)22-2/h3-6,8H,7H2,1-2H3,(H,17,18)(H3,15,16,21)/t8-/m1/s1. The fourth-order valence-electron chi connectivity index (χ4n) is 1.60. The fourth-order valence-corrected chi connectivity index (χ4v) is 1.60. The van der Waals surface area contributed by atoms with Gasteiger partial charge in [-0.2, -0.15) is 0 Å². The van der Waals surface area contributed by atoms with Crippen LogP contribution in [-0.2, 0) is 19.1 Å². The van der Waals surface area contributed by atoms with E-state index in [1.807, 2.05) is 0 Å². The first kappa shape index (κ1) is 18.0. The summed E-state index contributed by atoms with van der Waals surface area (Å²) < 4.78 is 9.33. The third-order valence-corrected chi connectivity index (χ3v) is 2.66. The van der Waals surface area contributed by atoms with Crippen LogP contribution >= 0.6 is 0 Å². The van der Waals surface area contributed by atoms with Crippen molar-refractivity contribution in [3.05, 3.63) is 29.8 Å². The van der Waals surface area contributed by atoms with Crippen LogP contribution in [-0.4, -0.2) is 43.6 Å². The number of esters is 2. The summed E-state index contributed by atoms with van der Waals surface area (Å²) in [6.07, 6.45) is 0. The van der Waals surface area contributed by atoms with Crippen molar-refractivity contribution in [2.75, 3.05) is 19.0 Å². The van der Waals surface area contributed by atoms with Crippen LogP contribution in [0.2, 0.25) is 0 Å². The van der Waals surface area contributed by atoms with Crippen molar-refractivity contribution >= 4 is 29.6 Å². The number of ether oxygens (including phenoxy) is 2. The van der Waals surface area contributed by atoms with Crippen molar-refractivity contribution in [2.45, 2.75) is 13.0 Å².